The predicted octanol–water partition coefficient (Wildman–Crippen LogP) is 17.7. The number of thiophene rings is 2. The minimum Gasteiger partial charge on any atom is -0.135 e. The van der Waals surface area contributed by atoms with Crippen LogP contribution in [0.2, 0.25) is 0 Å². The Morgan fingerprint density at radius 1 is 0.217 bits per heavy atom. The number of hydrogen-bond donors (Lipinski definition) is 0. The Bertz CT molecular complexity index is 3770. The minimum atomic E-state index is 1.24. The van der Waals surface area contributed by atoms with Crippen molar-refractivity contribution in [2.45, 2.75) is 0 Å². The molecular formula is C58H34S2. The third-order valence-corrected chi connectivity index (χ3v) is 15.1. The SMILES string of the molecule is c1ccc(-c2c3ccccc3c(-c3ccc4sc5c(-c6c7ccccc7c(-c7cccc8c7sc7ccccc78)c7ccccc67)cccc5c4c3)c3ccccc23)cc1. The molecule has 0 aliphatic heterocycles. The quantitative estimate of drug-likeness (QED) is 0.156. The van der Waals surface area contributed by atoms with E-state index in [1.54, 1.807) is 0 Å². The summed E-state index contributed by atoms with van der Waals surface area (Å²) in [6.07, 6.45) is 0. The van der Waals surface area contributed by atoms with E-state index in [4.69, 9.17) is 0 Å². The Hall–Kier alpha value is -7.10. The first-order valence-corrected chi connectivity index (χ1v) is 22.2. The Morgan fingerprint density at radius 3 is 1.08 bits per heavy atom. The maximum absolute atomic E-state index is 2.46. The second-order valence-corrected chi connectivity index (χ2v) is 17.9. The van der Waals surface area contributed by atoms with Crippen LogP contribution in [0.25, 0.3) is 128 Å². The van der Waals surface area contributed by atoms with Crippen LogP contribution in [0.1, 0.15) is 0 Å². The van der Waals surface area contributed by atoms with Crippen LogP contribution < -0.4 is 0 Å². The van der Waals surface area contributed by atoms with Crippen LogP contribution in [0, 0.1) is 0 Å². The fraction of sp³-hybridized carbons (Fsp3) is 0. The van der Waals surface area contributed by atoms with E-state index in [-0.39, 0.29) is 0 Å². The zero-order chi connectivity index (χ0) is 39.3. The number of hydrogen-bond acceptors (Lipinski definition) is 2. The molecule has 278 valence electrons. The standard InChI is InChI=1S/C58H34S2/c1-2-16-35(17-3-1)53-38-19-4-6-21-40(38)54(41-22-7-5-20-39(41)53)36-32-33-52-50(34-36)47-28-15-30-49(58(47)60-52)56-44-25-10-8-23-42(44)55(43-24-9-11-26-45(43)56)48-29-14-27-46-37-18-12-13-31-51(37)59-57(46)48/h1-34H. The topological polar surface area (TPSA) is 0 Å². The Labute approximate surface area is 354 Å². The number of fused-ring (bicyclic) bond motifs is 10. The predicted molar refractivity (Wildman–Crippen MR) is 264 cm³/mol. The molecule has 0 bridgehead atoms. The fourth-order valence-electron chi connectivity index (χ4n) is 10.2. The first kappa shape index (κ1) is 33.8. The van der Waals surface area contributed by atoms with Crippen LogP contribution in [-0.2, 0) is 0 Å². The average molecular weight is 795 g/mol. The molecule has 0 atom stereocenters. The van der Waals surface area contributed by atoms with E-state index >= 15 is 0 Å². The van der Waals surface area contributed by atoms with Crippen LogP contribution in [0.4, 0.5) is 0 Å². The Balaban J connectivity index is 1.06. The van der Waals surface area contributed by atoms with Gasteiger partial charge < -0.3 is 0 Å². The molecule has 0 saturated carbocycles. The zero-order valence-electron chi connectivity index (χ0n) is 32.4. The smallest absolute Gasteiger partial charge is 0.0434 e. The molecule has 0 spiro atoms. The molecule has 2 aromatic heterocycles. The monoisotopic (exact) mass is 794 g/mol. The molecule has 0 N–H and O–H groups in total. The van der Waals surface area contributed by atoms with E-state index in [2.05, 4.69) is 206 Å². The molecule has 13 aromatic rings. The lowest BCUT2D eigenvalue weighted by molar-refractivity contribution is 1.66. The van der Waals surface area contributed by atoms with Crippen molar-refractivity contribution < 1.29 is 0 Å². The second-order valence-electron chi connectivity index (χ2n) is 15.8. The highest BCUT2D eigenvalue weighted by Gasteiger charge is 2.22. The molecule has 2 heterocycles. The molecule has 0 amide bonds. The van der Waals surface area contributed by atoms with Crippen LogP contribution in [0.5, 0.6) is 0 Å². The van der Waals surface area contributed by atoms with Crippen molar-refractivity contribution in [1.29, 1.82) is 0 Å². The van der Waals surface area contributed by atoms with Crippen LogP contribution in [0.3, 0.4) is 0 Å². The Kier molecular flexibility index (Phi) is 7.45. The van der Waals surface area contributed by atoms with E-state index in [1.165, 1.54) is 128 Å². The number of benzene rings is 11. The first-order chi connectivity index (χ1) is 29.8. The molecule has 11 aromatic carbocycles. The largest absolute Gasteiger partial charge is 0.135 e. The fourth-order valence-corrected chi connectivity index (χ4v) is 12.6. The van der Waals surface area contributed by atoms with Crippen molar-refractivity contribution in [3.8, 4) is 44.5 Å². The summed E-state index contributed by atoms with van der Waals surface area (Å²) in [6, 6.07) is 76.7. The highest BCUT2D eigenvalue weighted by Crippen LogP contribution is 2.51. The summed E-state index contributed by atoms with van der Waals surface area (Å²) in [5.74, 6) is 0. The molecule has 2 heteroatoms. The summed E-state index contributed by atoms with van der Waals surface area (Å²) in [6.45, 7) is 0. The lowest BCUT2D eigenvalue weighted by Crippen LogP contribution is -1.91. The summed E-state index contributed by atoms with van der Waals surface area (Å²) in [4.78, 5) is 0. The van der Waals surface area contributed by atoms with Gasteiger partial charge in [-0.15, -0.1) is 22.7 Å². The Morgan fingerprint density at radius 2 is 0.583 bits per heavy atom. The number of rotatable bonds is 4. The summed E-state index contributed by atoms with van der Waals surface area (Å²) >= 11 is 3.82. The van der Waals surface area contributed by atoms with Crippen molar-refractivity contribution in [2.75, 3.05) is 0 Å². The van der Waals surface area contributed by atoms with Crippen LogP contribution in [0.15, 0.2) is 206 Å². The van der Waals surface area contributed by atoms with Gasteiger partial charge in [0, 0.05) is 51.5 Å². The third-order valence-electron chi connectivity index (χ3n) is 12.7. The van der Waals surface area contributed by atoms with Gasteiger partial charge in [0.05, 0.1) is 0 Å². The molecular weight excluding hydrogens is 761 g/mol. The highest BCUT2D eigenvalue weighted by atomic mass is 32.1. The van der Waals surface area contributed by atoms with Crippen molar-refractivity contribution in [2.24, 2.45) is 0 Å². The summed E-state index contributed by atoms with van der Waals surface area (Å²) in [5, 5.41) is 15.5. The van der Waals surface area contributed by atoms with Gasteiger partial charge in [0.1, 0.15) is 0 Å². The molecule has 0 unspecified atom stereocenters. The van der Waals surface area contributed by atoms with Gasteiger partial charge in [0.2, 0.25) is 0 Å². The van der Waals surface area contributed by atoms with Crippen molar-refractivity contribution in [1.82, 2.24) is 0 Å². The average Bonchev–Trinajstić information content (AvgIpc) is 3.89. The molecule has 13 rings (SSSR count). The molecule has 0 nitrogen and oxygen atoms in total. The van der Waals surface area contributed by atoms with E-state index < -0.39 is 0 Å². The van der Waals surface area contributed by atoms with Gasteiger partial charge in [-0.3, -0.25) is 0 Å². The van der Waals surface area contributed by atoms with Crippen molar-refractivity contribution in [3.63, 3.8) is 0 Å². The molecule has 0 saturated heterocycles. The van der Waals surface area contributed by atoms with Crippen LogP contribution in [-0.4, -0.2) is 0 Å². The third kappa shape index (κ3) is 4.90. The van der Waals surface area contributed by atoms with E-state index in [0.717, 1.165) is 0 Å². The van der Waals surface area contributed by atoms with Gasteiger partial charge in [-0.05, 0) is 94.7 Å². The van der Waals surface area contributed by atoms with Gasteiger partial charge >= 0.3 is 0 Å². The molecule has 0 fully saturated rings. The normalized spacial score (nSPS) is 12.0. The van der Waals surface area contributed by atoms with Crippen LogP contribution >= 0.6 is 22.7 Å². The van der Waals surface area contributed by atoms with Crippen molar-refractivity contribution in [3.05, 3.63) is 206 Å². The zero-order valence-corrected chi connectivity index (χ0v) is 34.1. The van der Waals surface area contributed by atoms with Gasteiger partial charge in [-0.2, -0.15) is 0 Å². The summed E-state index contributed by atoms with van der Waals surface area (Å²) in [5.41, 5.74) is 10.3. The van der Waals surface area contributed by atoms with E-state index in [0.29, 0.717) is 0 Å². The van der Waals surface area contributed by atoms with E-state index in [1.807, 2.05) is 22.7 Å². The lowest BCUT2D eigenvalue weighted by atomic mass is 9.85. The molecule has 60 heavy (non-hydrogen) atoms. The van der Waals surface area contributed by atoms with Gasteiger partial charge in [0.25, 0.3) is 0 Å². The van der Waals surface area contributed by atoms with Crippen molar-refractivity contribution >= 4 is 106 Å². The van der Waals surface area contributed by atoms with Gasteiger partial charge in [-0.1, -0.05) is 188 Å². The first-order valence-electron chi connectivity index (χ1n) is 20.6. The molecule has 0 radical (unpaired) electrons. The minimum absolute atomic E-state index is 1.24. The maximum atomic E-state index is 2.46. The maximum Gasteiger partial charge on any atom is 0.0434 e. The molecule has 0 aliphatic carbocycles. The molecule has 0 aliphatic rings. The summed E-state index contributed by atoms with van der Waals surface area (Å²) in [7, 11) is 0. The highest BCUT2D eigenvalue weighted by molar-refractivity contribution is 7.26. The lowest BCUT2D eigenvalue weighted by Gasteiger charge is -2.18. The van der Waals surface area contributed by atoms with Gasteiger partial charge in [-0.25, -0.2) is 0 Å². The van der Waals surface area contributed by atoms with E-state index in [9.17, 15) is 0 Å². The van der Waals surface area contributed by atoms with Gasteiger partial charge in [0.15, 0.2) is 0 Å². The second kappa shape index (κ2) is 13.2. The summed E-state index contributed by atoms with van der Waals surface area (Å²) < 4.78 is 5.31.